The summed E-state index contributed by atoms with van der Waals surface area (Å²) in [4.78, 5) is 11.4. The number of alkyl halides is 5. The average Bonchev–Trinajstić information content (AvgIpc) is 2.82. The van der Waals surface area contributed by atoms with E-state index >= 15 is 0 Å². The van der Waals surface area contributed by atoms with Crippen LogP contribution in [-0.4, -0.2) is 43.3 Å². The van der Waals surface area contributed by atoms with Crippen molar-refractivity contribution in [2.75, 3.05) is 6.54 Å². The maximum absolute atomic E-state index is 13.6. The van der Waals surface area contributed by atoms with Crippen LogP contribution in [-0.2, 0) is 20.4 Å². The number of sulfonamides is 1. The lowest BCUT2D eigenvalue weighted by molar-refractivity contribution is -0.274. The van der Waals surface area contributed by atoms with Crippen LogP contribution < -0.4 is 9.47 Å². The predicted molar refractivity (Wildman–Crippen MR) is 129 cm³/mol. The fourth-order valence-electron chi connectivity index (χ4n) is 4.58. The van der Waals surface area contributed by atoms with Crippen LogP contribution in [0.2, 0.25) is 0 Å². The van der Waals surface area contributed by atoms with Crippen molar-refractivity contribution in [1.29, 1.82) is 0 Å². The van der Waals surface area contributed by atoms with Crippen LogP contribution in [0.4, 0.5) is 22.0 Å². The Morgan fingerprint density at radius 1 is 0.974 bits per heavy atom. The first-order chi connectivity index (χ1) is 18.3. The predicted octanol–water partition coefficient (Wildman–Crippen LogP) is 6.01. The van der Waals surface area contributed by atoms with E-state index in [1.54, 1.807) is 18.2 Å². The number of carboxylic acid groups (broad SMARTS) is 1. The van der Waals surface area contributed by atoms with Crippen molar-refractivity contribution in [1.82, 2.24) is 4.31 Å². The van der Waals surface area contributed by atoms with Gasteiger partial charge in [-0.3, -0.25) is 4.79 Å². The molecule has 0 heterocycles. The Morgan fingerprint density at radius 2 is 1.59 bits per heavy atom. The van der Waals surface area contributed by atoms with Gasteiger partial charge >= 0.3 is 18.9 Å². The number of hydrogen-bond donors (Lipinski definition) is 1. The van der Waals surface area contributed by atoms with Crippen molar-refractivity contribution in [3.05, 3.63) is 78.4 Å². The van der Waals surface area contributed by atoms with Gasteiger partial charge in [0.05, 0.1) is 10.4 Å². The summed E-state index contributed by atoms with van der Waals surface area (Å²) in [6.07, 6.45) is -3.73. The summed E-state index contributed by atoms with van der Waals surface area (Å²) in [5, 5.41) is 9.57. The Labute approximate surface area is 220 Å². The highest BCUT2D eigenvalue weighted by Gasteiger charge is 2.50. The van der Waals surface area contributed by atoms with Gasteiger partial charge in [0, 0.05) is 5.56 Å². The number of aliphatic carboxylic acids is 1. The summed E-state index contributed by atoms with van der Waals surface area (Å²) < 4.78 is 100. The Kier molecular flexibility index (Phi) is 7.84. The van der Waals surface area contributed by atoms with Gasteiger partial charge in [0.2, 0.25) is 10.0 Å². The molecule has 39 heavy (non-hydrogen) atoms. The second kappa shape index (κ2) is 10.8. The first kappa shape index (κ1) is 28.3. The molecule has 0 saturated heterocycles. The SMILES string of the molecule is O=C(O)CN(C1(c2ccc(-c3ccccc3OC(F)(F)F)cc2)CCC1)S(=O)(=O)c1ccc(OC(F)F)cc1. The van der Waals surface area contributed by atoms with Crippen molar-refractivity contribution < 1.29 is 49.7 Å². The highest BCUT2D eigenvalue weighted by Crippen LogP contribution is 2.49. The molecule has 13 heteroatoms. The van der Waals surface area contributed by atoms with E-state index in [0.717, 1.165) is 28.6 Å². The van der Waals surface area contributed by atoms with Gasteiger partial charge in [0.25, 0.3) is 0 Å². The minimum Gasteiger partial charge on any atom is -0.480 e. The average molecular weight is 572 g/mol. The molecule has 1 N–H and O–H groups in total. The number of carboxylic acids is 1. The number of hydrogen-bond acceptors (Lipinski definition) is 5. The van der Waals surface area contributed by atoms with Gasteiger partial charge < -0.3 is 14.6 Å². The molecule has 0 aromatic heterocycles. The molecule has 0 bridgehead atoms. The Bertz CT molecular complexity index is 1420. The molecule has 0 amide bonds. The Balaban J connectivity index is 1.71. The van der Waals surface area contributed by atoms with Gasteiger partial charge in [-0.2, -0.15) is 13.1 Å². The van der Waals surface area contributed by atoms with E-state index in [0.29, 0.717) is 30.4 Å². The molecule has 1 aliphatic rings. The molecular formula is C26H22F5NO6S. The van der Waals surface area contributed by atoms with Crippen molar-refractivity contribution in [2.45, 2.75) is 42.7 Å². The summed E-state index contributed by atoms with van der Waals surface area (Å²) in [7, 11) is -4.43. The van der Waals surface area contributed by atoms with E-state index in [4.69, 9.17) is 0 Å². The number of carbonyl (C=O) groups is 1. The molecule has 0 unspecified atom stereocenters. The van der Waals surface area contributed by atoms with Gasteiger partial charge in [-0.25, -0.2) is 8.42 Å². The van der Waals surface area contributed by atoms with Crippen LogP contribution in [0.3, 0.4) is 0 Å². The molecule has 0 atom stereocenters. The molecule has 3 aromatic carbocycles. The van der Waals surface area contributed by atoms with Crippen molar-refractivity contribution in [3.63, 3.8) is 0 Å². The first-order valence-corrected chi connectivity index (χ1v) is 13.0. The highest BCUT2D eigenvalue weighted by molar-refractivity contribution is 7.89. The molecule has 3 aromatic rings. The summed E-state index contributed by atoms with van der Waals surface area (Å²) in [6, 6.07) is 15.8. The van der Waals surface area contributed by atoms with E-state index in [1.165, 1.54) is 30.3 Å². The third-order valence-electron chi connectivity index (χ3n) is 6.42. The molecule has 0 radical (unpaired) electrons. The number of nitrogens with zero attached hydrogens (tertiary/aromatic N) is 1. The first-order valence-electron chi connectivity index (χ1n) is 11.6. The fraction of sp³-hybridized carbons (Fsp3) is 0.269. The standard InChI is InChI=1S/C26H22F5NO6S/c27-24(28)37-19-10-12-20(13-11-19)39(35,36)32(16-23(33)34)25(14-3-15-25)18-8-6-17(7-9-18)21-4-1-2-5-22(21)38-26(29,30)31/h1-2,4-13,24H,3,14-16H2,(H,33,34). The van der Waals surface area contributed by atoms with Gasteiger partial charge in [0.1, 0.15) is 18.0 Å². The van der Waals surface area contributed by atoms with Crippen LogP contribution in [0.5, 0.6) is 11.5 Å². The highest BCUT2D eigenvalue weighted by atomic mass is 32.2. The lowest BCUT2D eigenvalue weighted by Gasteiger charge is -2.49. The number of rotatable bonds is 10. The molecule has 7 nitrogen and oxygen atoms in total. The van der Waals surface area contributed by atoms with Gasteiger partial charge in [-0.15, -0.1) is 13.2 Å². The third-order valence-corrected chi connectivity index (χ3v) is 8.35. The number of ether oxygens (including phenoxy) is 2. The van der Waals surface area contributed by atoms with Gasteiger partial charge in [-0.05, 0) is 60.7 Å². The molecule has 1 saturated carbocycles. The fourth-order valence-corrected chi connectivity index (χ4v) is 6.35. The molecule has 208 valence electrons. The molecule has 1 fully saturated rings. The number of para-hydroxylation sites is 1. The zero-order chi connectivity index (χ0) is 28.4. The Morgan fingerprint density at radius 3 is 2.10 bits per heavy atom. The maximum atomic E-state index is 13.6. The smallest absolute Gasteiger partial charge is 0.480 e. The lowest BCUT2D eigenvalue weighted by Crippen LogP contribution is -2.55. The normalized spacial score (nSPS) is 15.2. The molecular weight excluding hydrogens is 549 g/mol. The molecule has 1 aliphatic carbocycles. The van der Waals surface area contributed by atoms with Crippen molar-refractivity contribution in [3.8, 4) is 22.6 Å². The van der Waals surface area contributed by atoms with Crippen LogP contribution in [0.15, 0.2) is 77.7 Å². The number of halogens is 5. The summed E-state index contributed by atoms with van der Waals surface area (Å²) in [5.74, 6) is -2.08. The molecule has 0 aliphatic heterocycles. The van der Waals surface area contributed by atoms with Crippen LogP contribution in [0, 0.1) is 0 Å². The van der Waals surface area contributed by atoms with E-state index in [1.807, 2.05) is 0 Å². The maximum Gasteiger partial charge on any atom is 0.573 e. The monoisotopic (exact) mass is 571 g/mol. The summed E-state index contributed by atoms with van der Waals surface area (Å²) >= 11 is 0. The Hall–Kier alpha value is -3.71. The van der Waals surface area contributed by atoms with E-state index in [-0.39, 0.29) is 16.2 Å². The minimum absolute atomic E-state index is 0.158. The zero-order valence-corrected chi connectivity index (χ0v) is 20.9. The summed E-state index contributed by atoms with van der Waals surface area (Å²) in [5.41, 5.74) is -0.259. The number of benzene rings is 3. The van der Waals surface area contributed by atoms with E-state index < -0.39 is 46.8 Å². The second-order valence-electron chi connectivity index (χ2n) is 8.76. The van der Waals surface area contributed by atoms with Crippen molar-refractivity contribution >= 4 is 16.0 Å². The largest absolute Gasteiger partial charge is 0.573 e. The van der Waals surface area contributed by atoms with Gasteiger partial charge in [0.15, 0.2) is 0 Å². The molecule has 0 spiro atoms. The minimum atomic E-state index is -4.90. The summed E-state index contributed by atoms with van der Waals surface area (Å²) in [6.45, 7) is -3.98. The van der Waals surface area contributed by atoms with E-state index in [9.17, 15) is 40.3 Å². The molecule has 4 rings (SSSR count). The topological polar surface area (TPSA) is 93.1 Å². The van der Waals surface area contributed by atoms with Gasteiger partial charge in [-0.1, -0.05) is 42.5 Å². The van der Waals surface area contributed by atoms with Crippen LogP contribution >= 0.6 is 0 Å². The zero-order valence-electron chi connectivity index (χ0n) is 20.1. The van der Waals surface area contributed by atoms with Crippen LogP contribution in [0.1, 0.15) is 24.8 Å². The van der Waals surface area contributed by atoms with Crippen LogP contribution in [0.25, 0.3) is 11.1 Å². The van der Waals surface area contributed by atoms with Crippen molar-refractivity contribution in [2.24, 2.45) is 0 Å². The second-order valence-corrected chi connectivity index (χ2v) is 10.6. The quantitative estimate of drug-likeness (QED) is 0.300. The third kappa shape index (κ3) is 6.14. The lowest BCUT2D eigenvalue weighted by atomic mass is 9.71. The van der Waals surface area contributed by atoms with E-state index in [2.05, 4.69) is 9.47 Å².